The van der Waals surface area contributed by atoms with E-state index in [1.807, 2.05) is 54.6 Å². The molecule has 2 N–H and O–H groups in total. The van der Waals surface area contributed by atoms with E-state index in [9.17, 15) is 4.79 Å². The molecule has 7 heteroatoms. The van der Waals surface area contributed by atoms with Gasteiger partial charge < -0.3 is 9.47 Å². The Morgan fingerprint density at radius 3 is 2.53 bits per heavy atom. The fourth-order valence-corrected chi connectivity index (χ4v) is 3.86. The summed E-state index contributed by atoms with van der Waals surface area (Å²) in [5.74, 6) is 1.80. The second kappa shape index (κ2) is 9.09. The second-order valence-electron chi connectivity index (χ2n) is 7.47. The van der Waals surface area contributed by atoms with Crippen LogP contribution >= 0.6 is 0 Å². The average Bonchev–Trinajstić information content (AvgIpc) is 3.26. The van der Waals surface area contributed by atoms with Crippen LogP contribution in [0.3, 0.4) is 0 Å². The molecule has 156 valence electrons. The fraction of sp³-hybridized carbons (Fsp3) is 0.348. The summed E-state index contributed by atoms with van der Waals surface area (Å²) in [6.07, 6.45) is 2.79. The summed E-state index contributed by atoms with van der Waals surface area (Å²) < 4.78 is 10.7. The summed E-state index contributed by atoms with van der Waals surface area (Å²) >= 11 is 0. The third kappa shape index (κ3) is 4.36. The zero-order valence-corrected chi connectivity index (χ0v) is 17.1. The van der Waals surface area contributed by atoms with Crippen molar-refractivity contribution in [3.05, 3.63) is 71.5 Å². The number of carbonyl (C=O) groups excluding carboxylic acids is 1. The van der Waals surface area contributed by atoms with Crippen molar-refractivity contribution < 1.29 is 14.3 Å². The molecule has 1 aromatic heterocycles. The summed E-state index contributed by atoms with van der Waals surface area (Å²) in [6.45, 7) is 1.12. The molecule has 0 bridgehead atoms. The molecule has 30 heavy (non-hydrogen) atoms. The highest BCUT2D eigenvalue weighted by molar-refractivity contribution is 5.98. The fourth-order valence-electron chi connectivity index (χ4n) is 3.86. The summed E-state index contributed by atoms with van der Waals surface area (Å²) in [6, 6.07) is 17.8. The molecule has 0 unspecified atom stereocenters. The third-order valence-electron chi connectivity index (χ3n) is 5.67. The van der Waals surface area contributed by atoms with Crippen molar-refractivity contribution >= 4 is 11.9 Å². The number of anilines is 1. The minimum atomic E-state index is -0.622. The number of methoxy groups -OCH3 is 1. The van der Waals surface area contributed by atoms with Gasteiger partial charge in [-0.25, -0.2) is 0 Å². The second-order valence-corrected chi connectivity index (χ2v) is 7.47. The van der Waals surface area contributed by atoms with Crippen molar-refractivity contribution in [1.82, 2.24) is 15.2 Å². The number of nitrogens with zero attached hydrogens (tertiary/aromatic N) is 2. The van der Waals surface area contributed by atoms with Gasteiger partial charge in [-0.3, -0.25) is 15.2 Å². The Hall–Kier alpha value is -3.19. The monoisotopic (exact) mass is 406 g/mol. The van der Waals surface area contributed by atoms with Gasteiger partial charge in [0.25, 0.3) is 0 Å². The lowest BCUT2D eigenvalue weighted by molar-refractivity contribution is -0.125. The van der Waals surface area contributed by atoms with Crippen molar-refractivity contribution in [2.24, 2.45) is 0 Å². The smallest absolute Gasteiger partial charge is 0.248 e. The van der Waals surface area contributed by atoms with Gasteiger partial charge in [0.2, 0.25) is 11.9 Å². The lowest BCUT2D eigenvalue weighted by Crippen LogP contribution is -2.45. The Balaban J connectivity index is 1.42. The van der Waals surface area contributed by atoms with Gasteiger partial charge in [0.15, 0.2) is 0 Å². The molecule has 4 rings (SSSR count). The van der Waals surface area contributed by atoms with Crippen LogP contribution in [0.4, 0.5) is 5.95 Å². The SMILES string of the molecule is COc1ccc(CCc2nc(NC(=O)C3(c4ccccc4)CCOCC3)n[nH]2)cc1. The number of H-pyrrole nitrogens is 1. The first kappa shape index (κ1) is 20.1. The van der Waals surface area contributed by atoms with Crippen LogP contribution in [-0.4, -0.2) is 41.4 Å². The molecule has 0 aliphatic carbocycles. The van der Waals surface area contributed by atoms with E-state index in [0.717, 1.165) is 23.6 Å². The number of aryl methyl sites for hydroxylation is 2. The van der Waals surface area contributed by atoms with E-state index >= 15 is 0 Å². The number of carbonyl (C=O) groups is 1. The molecule has 3 aromatic rings. The van der Waals surface area contributed by atoms with Crippen LogP contribution in [0.2, 0.25) is 0 Å². The number of benzene rings is 2. The van der Waals surface area contributed by atoms with Crippen LogP contribution in [0.1, 0.15) is 29.8 Å². The maximum Gasteiger partial charge on any atom is 0.248 e. The first-order valence-corrected chi connectivity index (χ1v) is 10.2. The number of rotatable bonds is 7. The van der Waals surface area contributed by atoms with E-state index in [2.05, 4.69) is 20.5 Å². The Labute approximate surface area is 175 Å². The van der Waals surface area contributed by atoms with Crippen molar-refractivity contribution in [2.75, 3.05) is 25.6 Å². The summed E-state index contributed by atoms with van der Waals surface area (Å²) in [7, 11) is 1.65. The normalized spacial score (nSPS) is 15.5. The number of ether oxygens (including phenoxy) is 2. The molecule has 0 atom stereocenters. The van der Waals surface area contributed by atoms with E-state index < -0.39 is 5.41 Å². The number of nitrogens with one attached hydrogen (secondary N) is 2. The molecule has 0 spiro atoms. The van der Waals surface area contributed by atoms with Gasteiger partial charge in [-0.2, -0.15) is 4.98 Å². The molecule has 1 aliphatic rings. The predicted molar refractivity (Wildman–Crippen MR) is 114 cm³/mol. The number of aromatic nitrogens is 3. The van der Waals surface area contributed by atoms with Crippen molar-refractivity contribution in [3.8, 4) is 5.75 Å². The van der Waals surface area contributed by atoms with Crippen LogP contribution in [0.15, 0.2) is 54.6 Å². The molecule has 0 radical (unpaired) electrons. The summed E-state index contributed by atoms with van der Waals surface area (Å²) in [5, 5.41) is 10.1. The summed E-state index contributed by atoms with van der Waals surface area (Å²) in [4.78, 5) is 17.7. The van der Waals surface area contributed by atoms with Gasteiger partial charge in [-0.15, -0.1) is 5.10 Å². The van der Waals surface area contributed by atoms with E-state index in [4.69, 9.17) is 9.47 Å². The summed E-state index contributed by atoms with van der Waals surface area (Å²) in [5.41, 5.74) is 1.56. The van der Waals surface area contributed by atoms with E-state index in [0.29, 0.717) is 38.4 Å². The van der Waals surface area contributed by atoms with Crippen LogP contribution in [0, 0.1) is 0 Å². The molecule has 1 aliphatic heterocycles. The van der Waals surface area contributed by atoms with Gasteiger partial charge in [-0.1, -0.05) is 42.5 Å². The standard InChI is InChI=1S/C23H26N4O3/c1-29-19-10-7-17(8-11-19)9-12-20-24-22(27-26-20)25-21(28)23(13-15-30-16-14-23)18-5-3-2-4-6-18/h2-8,10-11H,9,12-16H2,1H3,(H2,24,25,26,27,28). The highest BCUT2D eigenvalue weighted by Crippen LogP contribution is 2.35. The van der Waals surface area contributed by atoms with Crippen LogP contribution < -0.4 is 10.1 Å². The molecular weight excluding hydrogens is 380 g/mol. The first-order chi connectivity index (χ1) is 14.7. The van der Waals surface area contributed by atoms with Gasteiger partial charge >= 0.3 is 0 Å². The number of hydrogen-bond acceptors (Lipinski definition) is 5. The molecule has 2 aromatic carbocycles. The Morgan fingerprint density at radius 2 is 1.83 bits per heavy atom. The first-order valence-electron chi connectivity index (χ1n) is 10.2. The molecular formula is C23H26N4O3. The zero-order valence-electron chi connectivity index (χ0n) is 17.1. The number of amides is 1. The molecule has 0 saturated carbocycles. The Bertz CT molecular complexity index is 964. The largest absolute Gasteiger partial charge is 0.497 e. The molecule has 7 nitrogen and oxygen atoms in total. The van der Waals surface area contributed by atoms with E-state index in [1.165, 1.54) is 5.56 Å². The molecule has 1 amide bonds. The van der Waals surface area contributed by atoms with Crippen LogP contribution in [0.25, 0.3) is 0 Å². The molecule has 2 heterocycles. The van der Waals surface area contributed by atoms with Crippen molar-refractivity contribution in [2.45, 2.75) is 31.1 Å². The maximum atomic E-state index is 13.3. The van der Waals surface area contributed by atoms with Gasteiger partial charge in [0.1, 0.15) is 11.6 Å². The van der Waals surface area contributed by atoms with E-state index in [-0.39, 0.29) is 5.91 Å². The lowest BCUT2D eigenvalue weighted by Gasteiger charge is -2.35. The highest BCUT2D eigenvalue weighted by Gasteiger charge is 2.42. The van der Waals surface area contributed by atoms with Gasteiger partial charge in [0.05, 0.1) is 12.5 Å². The number of aromatic amines is 1. The quantitative estimate of drug-likeness (QED) is 0.629. The number of hydrogen-bond donors (Lipinski definition) is 2. The van der Waals surface area contributed by atoms with Crippen LogP contribution in [-0.2, 0) is 27.8 Å². The van der Waals surface area contributed by atoms with Gasteiger partial charge in [-0.05, 0) is 42.5 Å². The average molecular weight is 406 g/mol. The Kier molecular flexibility index (Phi) is 6.09. The minimum Gasteiger partial charge on any atom is -0.497 e. The molecule has 1 saturated heterocycles. The highest BCUT2D eigenvalue weighted by atomic mass is 16.5. The topological polar surface area (TPSA) is 89.1 Å². The Morgan fingerprint density at radius 1 is 1.10 bits per heavy atom. The van der Waals surface area contributed by atoms with Crippen molar-refractivity contribution in [1.29, 1.82) is 0 Å². The lowest BCUT2D eigenvalue weighted by atomic mass is 9.73. The zero-order chi connectivity index (χ0) is 20.8. The minimum absolute atomic E-state index is 0.0855. The predicted octanol–water partition coefficient (Wildman–Crippen LogP) is 3.29. The maximum absolute atomic E-state index is 13.3. The van der Waals surface area contributed by atoms with Crippen molar-refractivity contribution in [3.63, 3.8) is 0 Å². The third-order valence-corrected chi connectivity index (χ3v) is 5.67. The van der Waals surface area contributed by atoms with E-state index in [1.54, 1.807) is 7.11 Å². The molecule has 1 fully saturated rings. The van der Waals surface area contributed by atoms with Gasteiger partial charge in [0, 0.05) is 19.6 Å². The van der Waals surface area contributed by atoms with Crippen LogP contribution in [0.5, 0.6) is 5.75 Å².